The molecule has 5 nitrogen and oxygen atoms in total. The lowest BCUT2D eigenvalue weighted by molar-refractivity contribution is -0.206. The van der Waals surface area contributed by atoms with Crippen LogP contribution in [0.25, 0.3) is 0 Å². The quantitative estimate of drug-likeness (QED) is 0.554. The van der Waals surface area contributed by atoms with E-state index in [1.807, 2.05) is 0 Å². The molecule has 2 unspecified atom stereocenters. The molecular formula is C9H9F3O5. The van der Waals surface area contributed by atoms with Crippen molar-refractivity contribution in [2.24, 2.45) is 5.92 Å². The zero-order valence-electron chi connectivity index (χ0n) is 8.74. The predicted octanol–water partition coefficient (Wildman–Crippen LogP) is 0.960. The lowest BCUT2D eigenvalue weighted by Crippen LogP contribution is -2.35. The van der Waals surface area contributed by atoms with Gasteiger partial charge in [0.15, 0.2) is 0 Å². The summed E-state index contributed by atoms with van der Waals surface area (Å²) < 4.78 is 43.9. The zero-order chi connectivity index (χ0) is 13.2. The summed E-state index contributed by atoms with van der Waals surface area (Å²) in [7, 11) is 0. The third-order valence-corrected chi connectivity index (χ3v) is 2.17. The summed E-state index contributed by atoms with van der Waals surface area (Å²) in [5.41, 5.74) is 0. The van der Waals surface area contributed by atoms with Crippen molar-refractivity contribution >= 4 is 17.9 Å². The Labute approximate surface area is 93.9 Å². The Kier molecular flexibility index (Phi) is 3.74. The fraction of sp³-hybridized carbons (Fsp3) is 0.667. The zero-order valence-corrected chi connectivity index (χ0v) is 8.74. The second-order valence-corrected chi connectivity index (χ2v) is 3.46. The second kappa shape index (κ2) is 4.72. The first-order valence-corrected chi connectivity index (χ1v) is 4.80. The number of carbonyl (C=O) groups is 3. The normalized spacial score (nSPS) is 24.7. The number of esters is 3. The minimum Gasteiger partial charge on any atom is -0.443 e. The Morgan fingerprint density at radius 2 is 1.94 bits per heavy atom. The van der Waals surface area contributed by atoms with Crippen molar-refractivity contribution < 1.29 is 37.0 Å². The van der Waals surface area contributed by atoms with Crippen LogP contribution < -0.4 is 0 Å². The summed E-state index contributed by atoms with van der Waals surface area (Å²) in [6.45, 7) is 1.67. The van der Waals surface area contributed by atoms with E-state index in [1.54, 1.807) is 6.92 Å². The van der Waals surface area contributed by atoms with Gasteiger partial charge in [-0.2, -0.15) is 13.2 Å². The topological polar surface area (TPSA) is 69.7 Å². The molecule has 8 heteroatoms. The van der Waals surface area contributed by atoms with Gasteiger partial charge in [0.1, 0.15) is 5.92 Å². The van der Waals surface area contributed by atoms with E-state index in [0.717, 1.165) is 0 Å². The monoisotopic (exact) mass is 254 g/mol. The molecule has 0 N–H and O–H groups in total. The first-order chi connectivity index (χ1) is 7.77. The second-order valence-electron chi connectivity index (χ2n) is 3.46. The van der Waals surface area contributed by atoms with E-state index < -0.39 is 36.1 Å². The van der Waals surface area contributed by atoms with Crippen molar-refractivity contribution in [3.63, 3.8) is 0 Å². The molecule has 1 rings (SSSR count). The van der Waals surface area contributed by atoms with Crippen molar-refractivity contribution in [2.75, 3.05) is 0 Å². The first-order valence-electron chi connectivity index (χ1n) is 4.80. The van der Waals surface area contributed by atoms with Crippen molar-refractivity contribution in [1.29, 1.82) is 0 Å². The average Bonchev–Trinajstić information content (AvgIpc) is 2.44. The van der Waals surface area contributed by atoms with E-state index in [9.17, 15) is 27.6 Å². The van der Waals surface area contributed by atoms with Gasteiger partial charge in [-0.3, -0.25) is 4.79 Å². The standard InChI is InChI=1S/C9H9F3O5/c1-2-3-4-5(7(14)17-6(4)13)16-8(15)9(10,11)12/h4-5H,2-3H2,1H3. The highest BCUT2D eigenvalue weighted by atomic mass is 19.4. The van der Waals surface area contributed by atoms with Gasteiger partial charge in [-0.05, 0) is 6.42 Å². The Balaban J connectivity index is 2.77. The average molecular weight is 254 g/mol. The van der Waals surface area contributed by atoms with E-state index in [-0.39, 0.29) is 6.42 Å². The molecular weight excluding hydrogens is 245 g/mol. The largest absolute Gasteiger partial charge is 0.490 e. The Morgan fingerprint density at radius 3 is 2.41 bits per heavy atom. The number of carbonyl (C=O) groups excluding carboxylic acids is 3. The number of ether oxygens (including phenoxy) is 2. The van der Waals surface area contributed by atoms with Gasteiger partial charge in [-0.15, -0.1) is 0 Å². The molecule has 0 aromatic rings. The summed E-state index contributed by atoms with van der Waals surface area (Å²) in [5, 5.41) is 0. The van der Waals surface area contributed by atoms with Crippen molar-refractivity contribution in [3.8, 4) is 0 Å². The van der Waals surface area contributed by atoms with Gasteiger partial charge in [-0.1, -0.05) is 13.3 Å². The van der Waals surface area contributed by atoms with Crippen LogP contribution >= 0.6 is 0 Å². The van der Waals surface area contributed by atoms with Crippen molar-refractivity contribution in [3.05, 3.63) is 0 Å². The number of rotatable bonds is 3. The lowest BCUT2D eigenvalue weighted by Gasteiger charge is -2.14. The van der Waals surface area contributed by atoms with Crippen LogP contribution in [0.4, 0.5) is 13.2 Å². The number of hydrogen-bond acceptors (Lipinski definition) is 5. The van der Waals surface area contributed by atoms with Gasteiger partial charge in [0.05, 0.1) is 0 Å². The summed E-state index contributed by atoms with van der Waals surface area (Å²) in [6, 6.07) is 0. The number of halogens is 3. The van der Waals surface area contributed by atoms with Gasteiger partial charge in [0, 0.05) is 0 Å². The highest BCUT2D eigenvalue weighted by Crippen LogP contribution is 2.27. The first kappa shape index (κ1) is 13.5. The van der Waals surface area contributed by atoms with Gasteiger partial charge < -0.3 is 9.47 Å². The van der Waals surface area contributed by atoms with Gasteiger partial charge in [-0.25, -0.2) is 9.59 Å². The third-order valence-electron chi connectivity index (χ3n) is 2.17. The summed E-state index contributed by atoms with van der Waals surface area (Å²) >= 11 is 0. The molecule has 0 spiro atoms. The molecule has 0 saturated carbocycles. The molecule has 0 aromatic heterocycles. The maximum Gasteiger partial charge on any atom is 0.490 e. The van der Waals surface area contributed by atoms with Crippen molar-refractivity contribution in [1.82, 2.24) is 0 Å². The van der Waals surface area contributed by atoms with Gasteiger partial charge in [0.2, 0.25) is 6.10 Å². The van der Waals surface area contributed by atoms with Crippen LogP contribution in [0.2, 0.25) is 0 Å². The van der Waals surface area contributed by atoms with Gasteiger partial charge in [0.25, 0.3) is 0 Å². The number of alkyl halides is 3. The molecule has 0 amide bonds. The van der Waals surface area contributed by atoms with E-state index >= 15 is 0 Å². The Bertz CT molecular complexity index is 349. The van der Waals surface area contributed by atoms with Crippen LogP contribution in [-0.2, 0) is 23.9 Å². The molecule has 1 saturated heterocycles. The van der Waals surface area contributed by atoms with E-state index in [4.69, 9.17) is 0 Å². The van der Waals surface area contributed by atoms with Crippen LogP contribution in [0.1, 0.15) is 19.8 Å². The fourth-order valence-electron chi connectivity index (χ4n) is 1.41. The Morgan fingerprint density at radius 1 is 1.35 bits per heavy atom. The summed E-state index contributed by atoms with van der Waals surface area (Å²) in [6.07, 6.45) is -6.45. The SMILES string of the molecule is CCCC1C(=O)OC(=O)C1OC(=O)C(F)(F)F. The lowest BCUT2D eigenvalue weighted by atomic mass is 9.99. The molecule has 1 fully saturated rings. The molecule has 17 heavy (non-hydrogen) atoms. The smallest absolute Gasteiger partial charge is 0.443 e. The van der Waals surface area contributed by atoms with E-state index in [2.05, 4.69) is 9.47 Å². The molecule has 1 aliphatic rings. The minimum atomic E-state index is -5.21. The molecule has 0 radical (unpaired) electrons. The van der Waals surface area contributed by atoms with E-state index in [0.29, 0.717) is 6.42 Å². The predicted molar refractivity (Wildman–Crippen MR) is 45.4 cm³/mol. The highest BCUT2D eigenvalue weighted by molar-refractivity contribution is 5.99. The van der Waals surface area contributed by atoms with Gasteiger partial charge >= 0.3 is 24.1 Å². The summed E-state index contributed by atoms with van der Waals surface area (Å²) in [5.74, 6) is -5.88. The van der Waals surface area contributed by atoms with E-state index in [1.165, 1.54) is 0 Å². The maximum atomic E-state index is 11.9. The fourth-order valence-corrected chi connectivity index (χ4v) is 1.41. The van der Waals surface area contributed by atoms with Crippen LogP contribution in [0, 0.1) is 5.92 Å². The molecule has 0 aliphatic carbocycles. The molecule has 2 atom stereocenters. The molecule has 1 aliphatic heterocycles. The maximum absolute atomic E-state index is 11.9. The third kappa shape index (κ3) is 2.95. The molecule has 1 heterocycles. The Hall–Kier alpha value is -1.60. The van der Waals surface area contributed by atoms with Crippen LogP contribution in [0.3, 0.4) is 0 Å². The number of cyclic esters (lactones) is 2. The highest BCUT2D eigenvalue weighted by Gasteiger charge is 2.51. The molecule has 96 valence electrons. The minimum absolute atomic E-state index is 0.111. The molecule has 0 aromatic carbocycles. The molecule has 0 bridgehead atoms. The van der Waals surface area contributed by atoms with Crippen LogP contribution in [0.5, 0.6) is 0 Å². The van der Waals surface area contributed by atoms with Crippen LogP contribution in [-0.4, -0.2) is 30.2 Å². The number of hydrogen-bond donors (Lipinski definition) is 0. The van der Waals surface area contributed by atoms with Crippen molar-refractivity contribution in [2.45, 2.75) is 32.0 Å². The summed E-state index contributed by atoms with van der Waals surface area (Å²) in [4.78, 5) is 32.7. The van der Waals surface area contributed by atoms with Crippen LogP contribution in [0.15, 0.2) is 0 Å².